The summed E-state index contributed by atoms with van der Waals surface area (Å²) in [6, 6.07) is 10.8. The molecule has 0 aliphatic heterocycles. The maximum atomic E-state index is 12.7. The Bertz CT molecular complexity index is 654. The highest BCUT2D eigenvalue weighted by Gasteiger charge is 2.28. The minimum Gasteiger partial charge on any atom is -0.508 e. The van der Waals surface area contributed by atoms with Crippen molar-refractivity contribution in [3.63, 3.8) is 0 Å². The Hall–Kier alpha value is -2.82. The van der Waals surface area contributed by atoms with Crippen molar-refractivity contribution in [2.75, 3.05) is 14.2 Å². The van der Waals surface area contributed by atoms with Gasteiger partial charge >= 0.3 is 0 Å². The molecule has 0 bridgehead atoms. The van der Waals surface area contributed by atoms with E-state index >= 15 is 0 Å². The molecule has 0 saturated heterocycles. The van der Waals surface area contributed by atoms with E-state index in [-0.39, 0.29) is 11.3 Å². The van der Waals surface area contributed by atoms with Crippen molar-refractivity contribution in [3.8, 4) is 17.2 Å². The number of hydrogen-bond acceptors (Lipinski definition) is 5. The summed E-state index contributed by atoms with van der Waals surface area (Å²) < 4.78 is 10.4. The summed E-state index contributed by atoms with van der Waals surface area (Å²) in [5.74, 6) is -0.900. The van der Waals surface area contributed by atoms with Crippen LogP contribution in [0.4, 0.5) is 0 Å². The van der Waals surface area contributed by atoms with Crippen LogP contribution in [0.25, 0.3) is 0 Å². The number of aromatic hydroxyl groups is 1. The summed E-state index contributed by atoms with van der Waals surface area (Å²) in [5.41, 5.74) is 0.625. The number of rotatable bonds is 6. The van der Waals surface area contributed by atoms with E-state index in [0.29, 0.717) is 17.1 Å². The highest BCUT2D eigenvalue weighted by atomic mass is 16.5. The molecule has 5 heteroatoms. The zero-order valence-corrected chi connectivity index (χ0v) is 12.2. The Labute approximate surface area is 128 Å². The molecule has 2 aromatic rings. The Kier molecular flexibility index (Phi) is 4.78. The normalized spacial score (nSPS) is 11.5. The minimum absolute atomic E-state index is 0.0516. The predicted octanol–water partition coefficient (Wildman–Crippen LogP) is 2.49. The van der Waals surface area contributed by atoms with Gasteiger partial charge in [0, 0.05) is 0 Å². The zero-order valence-electron chi connectivity index (χ0n) is 12.2. The van der Waals surface area contributed by atoms with Gasteiger partial charge < -0.3 is 14.6 Å². The number of benzene rings is 2. The summed E-state index contributed by atoms with van der Waals surface area (Å²) in [4.78, 5) is 24.1. The third kappa shape index (κ3) is 2.93. The third-order valence-electron chi connectivity index (χ3n) is 3.28. The van der Waals surface area contributed by atoms with Gasteiger partial charge in [0.15, 0.2) is 5.78 Å². The number of phenolic OH excluding ortho intramolecular Hbond substituents is 1. The molecular formula is C17H15O5. The maximum Gasteiger partial charge on any atom is 0.214 e. The second-order valence-electron chi connectivity index (χ2n) is 4.54. The van der Waals surface area contributed by atoms with Gasteiger partial charge in [0.2, 0.25) is 6.29 Å². The molecule has 0 amide bonds. The van der Waals surface area contributed by atoms with Crippen molar-refractivity contribution in [1.82, 2.24) is 0 Å². The molecule has 5 nitrogen and oxygen atoms in total. The van der Waals surface area contributed by atoms with E-state index in [9.17, 15) is 14.7 Å². The van der Waals surface area contributed by atoms with E-state index in [1.807, 2.05) is 0 Å². The quantitative estimate of drug-likeness (QED) is 0.655. The van der Waals surface area contributed by atoms with Crippen LogP contribution in [0, 0.1) is 0 Å². The van der Waals surface area contributed by atoms with Gasteiger partial charge in [-0.25, -0.2) is 0 Å². The van der Waals surface area contributed by atoms with Crippen LogP contribution >= 0.6 is 0 Å². The lowest BCUT2D eigenvalue weighted by Gasteiger charge is -2.15. The highest BCUT2D eigenvalue weighted by molar-refractivity contribution is 6.12. The molecule has 1 atom stereocenters. The Morgan fingerprint density at radius 2 is 1.59 bits per heavy atom. The molecule has 22 heavy (non-hydrogen) atoms. The first-order valence-electron chi connectivity index (χ1n) is 6.54. The minimum atomic E-state index is -1.12. The molecule has 0 heterocycles. The number of ether oxygens (including phenoxy) is 2. The van der Waals surface area contributed by atoms with E-state index in [2.05, 4.69) is 0 Å². The fourth-order valence-electron chi connectivity index (χ4n) is 2.18. The van der Waals surface area contributed by atoms with E-state index in [1.165, 1.54) is 38.5 Å². The van der Waals surface area contributed by atoms with Crippen LogP contribution in [0.3, 0.4) is 0 Å². The average Bonchev–Trinajstić information content (AvgIpc) is 2.56. The van der Waals surface area contributed by atoms with E-state index in [4.69, 9.17) is 9.47 Å². The van der Waals surface area contributed by atoms with Crippen LogP contribution in [0.1, 0.15) is 21.8 Å². The van der Waals surface area contributed by atoms with E-state index in [1.54, 1.807) is 24.5 Å². The topological polar surface area (TPSA) is 72.8 Å². The average molecular weight is 299 g/mol. The van der Waals surface area contributed by atoms with Gasteiger partial charge in [-0.1, -0.05) is 18.2 Å². The first kappa shape index (κ1) is 15.6. The predicted molar refractivity (Wildman–Crippen MR) is 80.4 cm³/mol. The summed E-state index contributed by atoms with van der Waals surface area (Å²) in [5, 5.41) is 9.31. The summed E-state index contributed by atoms with van der Waals surface area (Å²) >= 11 is 0. The lowest BCUT2D eigenvalue weighted by atomic mass is 9.91. The van der Waals surface area contributed by atoms with Gasteiger partial charge in [-0.15, -0.1) is 0 Å². The number of carbonyl (C=O) groups is 1. The molecule has 0 aliphatic carbocycles. The van der Waals surface area contributed by atoms with Gasteiger partial charge in [-0.05, 0) is 29.8 Å². The number of phenols is 1. The lowest BCUT2D eigenvalue weighted by molar-refractivity contribution is 0.0975. The summed E-state index contributed by atoms with van der Waals surface area (Å²) in [7, 11) is 2.87. The monoisotopic (exact) mass is 299 g/mol. The summed E-state index contributed by atoms with van der Waals surface area (Å²) in [6.07, 6.45) is 1.75. The largest absolute Gasteiger partial charge is 0.508 e. The van der Waals surface area contributed by atoms with Crippen molar-refractivity contribution >= 4 is 12.1 Å². The molecule has 2 rings (SSSR count). The lowest BCUT2D eigenvalue weighted by Crippen LogP contribution is -2.16. The molecule has 0 aliphatic rings. The second kappa shape index (κ2) is 6.76. The van der Waals surface area contributed by atoms with Crippen LogP contribution < -0.4 is 9.47 Å². The Balaban J connectivity index is 2.49. The molecule has 113 valence electrons. The molecule has 1 unspecified atom stereocenters. The van der Waals surface area contributed by atoms with Crippen molar-refractivity contribution in [3.05, 3.63) is 53.6 Å². The fraction of sp³-hybridized carbons (Fsp3) is 0.176. The molecule has 0 saturated carbocycles. The van der Waals surface area contributed by atoms with Crippen molar-refractivity contribution in [2.24, 2.45) is 0 Å². The third-order valence-corrected chi connectivity index (χ3v) is 3.28. The molecule has 2 aromatic carbocycles. The number of carbonyl (C=O) groups excluding carboxylic acids is 2. The molecule has 0 spiro atoms. The van der Waals surface area contributed by atoms with Crippen LogP contribution in [-0.4, -0.2) is 31.4 Å². The van der Waals surface area contributed by atoms with Crippen molar-refractivity contribution in [1.29, 1.82) is 0 Å². The fourth-order valence-corrected chi connectivity index (χ4v) is 2.18. The number of Topliss-reactive ketones (excluding diaryl/α,β-unsaturated/α-hetero) is 1. The van der Waals surface area contributed by atoms with E-state index < -0.39 is 11.7 Å². The summed E-state index contributed by atoms with van der Waals surface area (Å²) in [6.45, 7) is 0. The molecule has 0 aromatic heterocycles. The molecule has 0 fully saturated rings. The standard InChI is InChI=1S/C17H15O5/c1-21-14-4-3-5-15(22-2)16(14)17(20)13(10-18)11-6-8-12(19)9-7-11/h3-9,13,19H,1-2H3. The SMILES string of the molecule is COc1cccc(OC)c1C(=O)C([C]=O)c1ccc(O)cc1. The highest BCUT2D eigenvalue weighted by Crippen LogP contribution is 2.33. The first-order valence-corrected chi connectivity index (χ1v) is 6.54. The Morgan fingerprint density at radius 1 is 1.05 bits per heavy atom. The second-order valence-corrected chi connectivity index (χ2v) is 4.54. The van der Waals surface area contributed by atoms with E-state index in [0.717, 1.165) is 0 Å². The van der Waals surface area contributed by atoms with Crippen LogP contribution in [-0.2, 0) is 4.79 Å². The number of hydrogen-bond donors (Lipinski definition) is 1. The Morgan fingerprint density at radius 3 is 2.05 bits per heavy atom. The van der Waals surface area contributed by atoms with Crippen molar-refractivity contribution < 1.29 is 24.2 Å². The van der Waals surface area contributed by atoms with Gasteiger partial charge in [-0.3, -0.25) is 9.59 Å². The maximum absolute atomic E-state index is 12.7. The van der Waals surface area contributed by atoms with Crippen LogP contribution in [0.15, 0.2) is 42.5 Å². The zero-order chi connectivity index (χ0) is 16.1. The van der Waals surface area contributed by atoms with Gasteiger partial charge in [0.05, 0.1) is 14.2 Å². The van der Waals surface area contributed by atoms with Crippen molar-refractivity contribution in [2.45, 2.75) is 5.92 Å². The molecule has 1 N–H and O–H groups in total. The number of ketones is 1. The molecular weight excluding hydrogens is 284 g/mol. The smallest absolute Gasteiger partial charge is 0.214 e. The first-order chi connectivity index (χ1) is 10.6. The van der Waals surface area contributed by atoms with Gasteiger partial charge in [-0.2, -0.15) is 0 Å². The van der Waals surface area contributed by atoms with Crippen LogP contribution in [0.5, 0.6) is 17.2 Å². The van der Waals surface area contributed by atoms with Gasteiger partial charge in [0.25, 0.3) is 0 Å². The van der Waals surface area contributed by atoms with Crippen LogP contribution in [0.2, 0.25) is 0 Å². The number of methoxy groups -OCH3 is 2. The van der Waals surface area contributed by atoms with Gasteiger partial charge in [0.1, 0.15) is 28.7 Å². The molecule has 1 radical (unpaired) electrons.